The maximum atomic E-state index is 13.1. The van der Waals surface area contributed by atoms with Gasteiger partial charge in [0.2, 0.25) is 11.8 Å². The molecule has 1 unspecified atom stereocenters. The number of para-hydroxylation sites is 1. The fourth-order valence-electron chi connectivity index (χ4n) is 2.12. The second-order valence-electron chi connectivity index (χ2n) is 5.57. The maximum Gasteiger partial charge on any atom is 0.423 e. The van der Waals surface area contributed by atoms with Gasteiger partial charge in [-0.25, -0.2) is 4.98 Å². The lowest BCUT2D eigenvalue weighted by molar-refractivity contribution is -0.139. The normalized spacial score (nSPS) is 12.8. The number of benzene rings is 1. The third-order valence-electron chi connectivity index (χ3n) is 3.71. The third kappa shape index (κ3) is 3.96. The molecule has 1 atom stereocenters. The molecule has 1 heterocycles. The minimum atomic E-state index is -4.57. The highest BCUT2D eigenvalue weighted by Gasteiger charge is 2.37. The van der Waals surface area contributed by atoms with Gasteiger partial charge in [-0.3, -0.25) is 0 Å². The summed E-state index contributed by atoms with van der Waals surface area (Å²) in [6, 6.07) is 7.50. The van der Waals surface area contributed by atoms with E-state index in [2.05, 4.69) is 9.97 Å². The third-order valence-corrected chi connectivity index (χ3v) is 3.71. The molecule has 0 amide bonds. The van der Waals surface area contributed by atoms with Gasteiger partial charge in [0.1, 0.15) is 5.56 Å². The first-order valence-electron chi connectivity index (χ1n) is 7.64. The number of aryl methyl sites for hydroxylation is 1. The van der Waals surface area contributed by atoms with Crippen LogP contribution in [0.15, 0.2) is 30.5 Å². The highest BCUT2D eigenvalue weighted by molar-refractivity contribution is 5.61. The average Bonchev–Trinajstić information content (AvgIpc) is 2.53. The highest BCUT2D eigenvalue weighted by Crippen LogP contribution is 2.36. The van der Waals surface area contributed by atoms with Crippen molar-refractivity contribution >= 4 is 11.6 Å². The number of hydrogen-bond acceptors (Lipinski definition) is 4. The van der Waals surface area contributed by atoms with E-state index >= 15 is 0 Å². The van der Waals surface area contributed by atoms with Crippen LogP contribution in [0.3, 0.4) is 0 Å². The second kappa shape index (κ2) is 7.07. The summed E-state index contributed by atoms with van der Waals surface area (Å²) in [6.07, 6.45) is -3.60. The molecule has 0 radical (unpaired) electrons. The van der Waals surface area contributed by atoms with Crippen molar-refractivity contribution in [2.45, 2.75) is 39.5 Å². The van der Waals surface area contributed by atoms with Crippen LogP contribution in [-0.4, -0.2) is 23.1 Å². The Kier molecular flexibility index (Phi) is 5.31. The number of aromatic nitrogens is 2. The lowest BCUT2D eigenvalue weighted by atomic mass is 10.2. The lowest BCUT2D eigenvalue weighted by Gasteiger charge is -2.22. The zero-order valence-corrected chi connectivity index (χ0v) is 14.1. The van der Waals surface area contributed by atoms with Crippen molar-refractivity contribution in [1.82, 2.24) is 9.97 Å². The molecule has 0 bridgehead atoms. The molecule has 0 fully saturated rings. The first-order valence-corrected chi connectivity index (χ1v) is 7.64. The molecule has 0 aliphatic rings. The van der Waals surface area contributed by atoms with Crippen LogP contribution in [0, 0.1) is 6.92 Å². The number of hydrogen-bond donors (Lipinski definition) is 0. The largest absolute Gasteiger partial charge is 0.474 e. The molecule has 130 valence electrons. The summed E-state index contributed by atoms with van der Waals surface area (Å²) in [5.41, 5.74) is 0.810. The number of halogens is 3. The molecule has 0 saturated carbocycles. The van der Waals surface area contributed by atoms with Gasteiger partial charge < -0.3 is 9.64 Å². The molecular formula is C17H20F3N3O. The number of anilines is 2. The van der Waals surface area contributed by atoms with Crippen LogP contribution in [0.25, 0.3) is 0 Å². The van der Waals surface area contributed by atoms with E-state index in [9.17, 15) is 13.2 Å². The van der Waals surface area contributed by atoms with Crippen LogP contribution >= 0.6 is 0 Å². The summed E-state index contributed by atoms with van der Waals surface area (Å²) in [7, 11) is 1.71. The molecule has 4 nitrogen and oxygen atoms in total. The molecule has 1 aromatic heterocycles. The first kappa shape index (κ1) is 18.0. The zero-order valence-electron chi connectivity index (χ0n) is 14.1. The number of nitrogens with zero attached hydrogens (tertiary/aromatic N) is 3. The van der Waals surface area contributed by atoms with E-state index < -0.39 is 17.6 Å². The van der Waals surface area contributed by atoms with Gasteiger partial charge in [0.25, 0.3) is 0 Å². The zero-order chi connectivity index (χ0) is 17.9. The predicted molar refractivity (Wildman–Crippen MR) is 86.7 cm³/mol. The molecule has 0 saturated heterocycles. The van der Waals surface area contributed by atoms with Gasteiger partial charge in [-0.2, -0.15) is 18.2 Å². The van der Waals surface area contributed by atoms with E-state index in [1.807, 2.05) is 38.1 Å². The SMILES string of the molecule is CCC(C)Oc1nc(N(C)c2ccccc2C)ncc1C(F)(F)F. The number of rotatable bonds is 5. The summed E-state index contributed by atoms with van der Waals surface area (Å²) >= 11 is 0. The monoisotopic (exact) mass is 339 g/mol. The van der Waals surface area contributed by atoms with Crippen molar-refractivity contribution in [3.8, 4) is 5.88 Å². The molecule has 0 spiro atoms. The molecule has 0 N–H and O–H groups in total. The summed E-state index contributed by atoms with van der Waals surface area (Å²) in [5, 5.41) is 0. The molecule has 2 rings (SSSR count). The van der Waals surface area contributed by atoms with Crippen LogP contribution in [0.2, 0.25) is 0 Å². The van der Waals surface area contributed by atoms with Gasteiger partial charge in [0, 0.05) is 18.9 Å². The molecule has 1 aromatic carbocycles. The predicted octanol–water partition coefficient (Wildman–Crippen LogP) is 4.75. The van der Waals surface area contributed by atoms with E-state index in [0.29, 0.717) is 6.42 Å². The first-order chi connectivity index (χ1) is 11.2. The molecule has 24 heavy (non-hydrogen) atoms. The Hall–Kier alpha value is -2.31. The molecule has 0 aliphatic heterocycles. The van der Waals surface area contributed by atoms with E-state index in [4.69, 9.17) is 4.74 Å². The van der Waals surface area contributed by atoms with E-state index in [-0.39, 0.29) is 12.1 Å². The van der Waals surface area contributed by atoms with Gasteiger partial charge in [-0.15, -0.1) is 0 Å². The maximum absolute atomic E-state index is 13.1. The van der Waals surface area contributed by atoms with Crippen molar-refractivity contribution in [2.75, 3.05) is 11.9 Å². The van der Waals surface area contributed by atoms with Crippen LogP contribution in [0.5, 0.6) is 5.88 Å². The van der Waals surface area contributed by atoms with Crippen molar-refractivity contribution < 1.29 is 17.9 Å². The summed E-state index contributed by atoms with van der Waals surface area (Å²) in [5.74, 6) is -0.294. The Morgan fingerprint density at radius 2 is 1.92 bits per heavy atom. The smallest absolute Gasteiger partial charge is 0.423 e. The standard InChI is InChI=1S/C17H20F3N3O/c1-5-12(3)24-15-13(17(18,19)20)10-21-16(22-15)23(4)14-9-7-6-8-11(14)2/h6-10,12H,5H2,1-4H3. The minimum absolute atomic E-state index is 0.149. The van der Waals surface area contributed by atoms with Crippen molar-refractivity contribution in [1.29, 1.82) is 0 Å². The Morgan fingerprint density at radius 1 is 1.25 bits per heavy atom. The average molecular weight is 339 g/mol. The molecular weight excluding hydrogens is 319 g/mol. The quantitative estimate of drug-likeness (QED) is 0.788. The van der Waals surface area contributed by atoms with Gasteiger partial charge in [-0.05, 0) is 31.9 Å². The van der Waals surface area contributed by atoms with Crippen molar-refractivity contribution in [3.63, 3.8) is 0 Å². The van der Waals surface area contributed by atoms with E-state index in [1.54, 1.807) is 18.9 Å². The van der Waals surface area contributed by atoms with Gasteiger partial charge in [0.15, 0.2) is 0 Å². The van der Waals surface area contributed by atoms with Gasteiger partial charge in [0.05, 0.1) is 6.10 Å². The highest BCUT2D eigenvalue weighted by atomic mass is 19.4. The van der Waals surface area contributed by atoms with Crippen LogP contribution in [0.1, 0.15) is 31.4 Å². The van der Waals surface area contributed by atoms with Crippen LogP contribution in [0.4, 0.5) is 24.8 Å². The van der Waals surface area contributed by atoms with Crippen LogP contribution < -0.4 is 9.64 Å². The Labute approximate surface area is 139 Å². The topological polar surface area (TPSA) is 38.2 Å². The Bertz CT molecular complexity index is 704. The molecule has 0 aliphatic carbocycles. The number of alkyl halides is 3. The molecule has 2 aromatic rings. The summed E-state index contributed by atoms with van der Waals surface area (Å²) in [6.45, 7) is 5.44. The van der Waals surface area contributed by atoms with Crippen molar-refractivity contribution in [2.24, 2.45) is 0 Å². The Balaban J connectivity index is 2.45. The fraction of sp³-hybridized carbons (Fsp3) is 0.412. The summed E-state index contributed by atoms with van der Waals surface area (Å²) < 4.78 is 44.8. The van der Waals surface area contributed by atoms with Gasteiger partial charge >= 0.3 is 6.18 Å². The Morgan fingerprint density at radius 3 is 2.50 bits per heavy atom. The van der Waals surface area contributed by atoms with E-state index in [0.717, 1.165) is 17.4 Å². The van der Waals surface area contributed by atoms with Crippen LogP contribution in [-0.2, 0) is 6.18 Å². The van der Waals surface area contributed by atoms with E-state index in [1.165, 1.54) is 0 Å². The van der Waals surface area contributed by atoms with Crippen molar-refractivity contribution in [3.05, 3.63) is 41.6 Å². The minimum Gasteiger partial charge on any atom is -0.474 e. The fourth-order valence-corrected chi connectivity index (χ4v) is 2.12. The number of ether oxygens (including phenoxy) is 1. The molecule has 7 heteroatoms. The second-order valence-corrected chi connectivity index (χ2v) is 5.57. The lowest BCUT2D eigenvalue weighted by Crippen LogP contribution is -2.20. The summed E-state index contributed by atoms with van der Waals surface area (Å²) in [4.78, 5) is 9.53. The van der Waals surface area contributed by atoms with Gasteiger partial charge in [-0.1, -0.05) is 25.1 Å².